The van der Waals surface area contributed by atoms with Crippen LogP contribution in [0.2, 0.25) is 0 Å². The fourth-order valence-corrected chi connectivity index (χ4v) is 4.60. The number of hydrogen-bond acceptors (Lipinski definition) is 4. The number of ether oxygens (including phenoxy) is 2. The van der Waals surface area contributed by atoms with Crippen LogP contribution in [0.25, 0.3) is 11.3 Å². The van der Waals surface area contributed by atoms with E-state index in [2.05, 4.69) is 26.1 Å². The van der Waals surface area contributed by atoms with Crippen molar-refractivity contribution in [2.45, 2.75) is 19.9 Å². The summed E-state index contributed by atoms with van der Waals surface area (Å²) in [6.07, 6.45) is 0. The number of amides is 1. The third kappa shape index (κ3) is 3.96. The Bertz CT molecular complexity index is 1300. The number of H-pyrrole nitrogens is 1. The maximum Gasteiger partial charge on any atom is 0.277 e. The predicted octanol–water partition coefficient (Wildman–Crippen LogP) is 6.39. The molecule has 1 amide bonds. The SMILES string of the molecule is CCOc1ccc(-c2n[nH]c3c2[C@@H](c2ccc(OCC)cc2)N(c2ccc(Br)cc2)C3=O)cc1. The molecule has 2 heterocycles. The van der Waals surface area contributed by atoms with Crippen molar-refractivity contribution in [3.05, 3.63) is 94.1 Å². The van der Waals surface area contributed by atoms with Gasteiger partial charge < -0.3 is 9.47 Å². The predicted molar refractivity (Wildman–Crippen MR) is 136 cm³/mol. The normalized spacial score (nSPS) is 14.9. The number of nitrogens with one attached hydrogen (secondary N) is 1. The van der Waals surface area contributed by atoms with Crippen LogP contribution in [0.3, 0.4) is 0 Å². The summed E-state index contributed by atoms with van der Waals surface area (Å²) < 4.78 is 12.2. The van der Waals surface area contributed by atoms with Gasteiger partial charge in [0.05, 0.1) is 24.9 Å². The van der Waals surface area contributed by atoms with Gasteiger partial charge in [0.25, 0.3) is 5.91 Å². The Morgan fingerprint density at radius 3 is 2.06 bits per heavy atom. The third-order valence-electron chi connectivity index (χ3n) is 5.82. The fourth-order valence-electron chi connectivity index (χ4n) is 4.34. The van der Waals surface area contributed by atoms with E-state index in [4.69, 9.17) is 9.47 Å². The Morgan fingerprint density at radius 1 is 0.882 bits per heavy atom. The van der Waals surface area contributed by atoms with Gasteiger partial charge in [0.15, 0.2) is 0 Å². The number of aromatic nitrogens is 2. The van der Waals surface area contributed by atoms with E-state index in [0.29, 0.717) is 18.9 Å². The van der Waals surface area contributed by atoms with Gasteiger partial charge >= 0.3 is 0 Å². The molecule has 172 valence electrons. The average Bonchev–Trinajstić information content (AvgIpc) is 3.40. The van der Waals surface area contributed by atoms with Gasteiger partial charge in [-0.3, -0.25) is 14.8 Å². The Morgan fingerprint density at radius 2 is 1.47 bits per heavy atom. The van der Waals surface area contributed by atoms with Crippen LogP contribution in [0.5, 0.6) is 11.5 Å². The smallest absolute Gasteiger partial charge is 0.277 e. The summed E-state index contributed by atoms with van der Waals surface area (Å²) in [7, 11) is 0. The average molecular weight is 518 g/mol. The van der Waals surface area contributed by atoms with Gasteiger partial charge in [-0.1, -0.05) is 28.1 Å². The molecule has 0 radical (unpaired) electrons. The summed E-state index contributed by atoms with van der Waals surface area (Å²) in [5.74, 6) is 1.49. The fraction of sp³-hybridized carbons (Fsp3) is 0.185. The zero-order valence-electron chi connectivity index (χ0n) is 18.9. The molecule has 3 aromatic carbocycles. The topological polar surface area (TPSA) is 67.5 Å². The summed E-state index contributed by atoms with van der Waals surface area (Å²) in [5.41, 5.74) is 4.83. The maximum absolute atomic E-state index is 13.6. The van der Waals surface area contributed by atoms with Gasteiger partial charge in [0.2, 0.25) is 0 Å². The molecule has 0 unspecified atom stereocenters. The Labute approximate surface area is 206 Å². The van der Waals surface area contributed by atoms with Crippen molar-refractivity contribution in [2.75, 3.05) is 18.1 Å². The van der Waals surface area contributed by atoms with Gasteiger partial charge in [-0.05, 0) is 80.1 Å². The van der Waals surface area contributed by atoms with E-state index in [1.807, 2.05) is 91.5 Å². The first-order valence-corrected chi connectivity index (χ1v) is 12.0. The molecule has 1 aromatic heterocycles. The molecule has 0 spiro atoms. The molecule has 6 nitrogen and oxygen atoms in total. The molecule has 5 rings (SSSR count). The molecule has 0 aliphatic carbocycles. The lowest BCUT2D eigenvalue weighted by atomic mass is 9.95. The van der Waals surface area contributed by atoms with Crippen LogP contribution in [-0.2, 0) is 0 Å². The highest BCUT2D eigenvalue weighted by atomic mass is 79.9. The summed E-state index contributed by atoms with van der Waals surface area (Å²) in [6.45, 7) is 5.12. The second kappa shape index (κ2) is 9.35. The molecule has 0 saturated heterocycles. The highest BCUT2D eigenvalue weighted by Gasteiger charge is 2.43. The number of nitrogens with zero attached hydrogens (tertiary/aromatic N) is 2. The zero-order chi connectivity index (χ0) is 23.7. The van der Waals surface area contributed by atoms with E-state index < -0.39 is 0 Å². The molecule has 34 heavy (non-hydrogen) atoms. The third-order valence-corrected chi connectivity index (χ3v) is 6.35. The summed E-state index contributed by atoms with van der Waals surface area (Å²) in [5, 5.41) is 7.56. The van der Waals surface area contributed by atoms with Crippen molar-refractivity contribution in [1.29, 1.82) is 0 Å². The van der Waals surface area contributed by atoms with Crippen LogP contribution in [0, 0.1) is 0 Å². The van der Waals surface area contributed by atoms with Crippen molar-refractivity contribution in [1.82, 2.24) is 10.2 Å². The molecule has 7 heteroatoms. The Hall–Kier alpha value is -3.58. The molecule has 0 bridgehead atoms. The summed E-state index contributed by atoms with van der Waals surface area (Å²) in [6, 6.07) is 23.1. The number of carbonyl (C=O) groups is 1. The molecule has 0 saturated carbocycles. The summed E-state index contributed by atoms with van der Waals surface area (Å²) in [4.78, 5) is 15.4. The van der Waals surface area contributed by atoms with Crippen LogP contribution < -0.4 is 14.4 Å². The van der Waals surface area contributed by atoms with E-state index in [1.165, 1.54) is 0 Å². The molecule has 1 aliphatic heterocycles. The van der Waals surface area contributed by atoms with Gasteiger partial charge in [-0.2, -0.15) is 5.10 Å². The lowest BCUT2D eigenvalue weighted by Crippen LogP contribution is -2.29. The van der Waals surface area contributed by atoms with E-state index in [1.54, 1.807) is 0 Å². The monoisotopic (exact) mass is 517 g/mol. The van der Waals surface area contributed by atoms with E-state index in [0.717, 1.165) is 44.0 Å². The lowest BCUT2D eigenvalue weighted by molar-refractivity contribution is 0.0989. The first-order valence-electron chi connectivity index (χ1n) is 11.2. The number of aromatic amines is 1. The highest BCUT2D eigenvalue weighted by Crippen LogP contribution is 2.45. The van der Waals surface area contributed by atoms with E-state index >= 15 is 0 Å². The van der Waals surface area contributed by atoms with Crippen molar-refractivity contribution in [3.8, 4) is 22.8 Å². The first kappa shape index (κ1) is 22.2. The van der Waals surface area contributed by atoms with Gasteiger partial charge in [0.1, 0.15) is 17.2 Å². The number of carbonyl (C=O) groups excluding carboxylic acids is 1. The largest absolute Gasteiger partial charge is 0.494 e. The number of rotatable bonds is 7. The van der Waals surface area contributed by atoms with Crippen LogP contribution in [-0.4, -0.2) is 29.3 Å². The van der Waals surface area contributed by atoms with Crippen molar-refractivity contribution >= 4 is 27.5 Å². The molecule has 1 atom stereocenters. The van der Waals surface area contributed by atoms with Crippen LogP contribution in [0.15, 0.2) is 77.3 Å². The minimum absolute atomic E-state index is 0.110. The van der Waals surface area contributed by atoms with Crippen molar-refractivity contribution in [2.24, 2.45) is 0 Å². The Kier molecular flexibility index (Phi) is 6.11. The second-order valence-corrected chi connectivity index (χ2v) is 8.79. The zero-order valence-corrected chi connectivity index (χ0v) is 20.5. The summed E-state index contributed by atoms with van der Waals surface area (Å²) >= 11 is 3.49. The maximum atomic E-state index is 13.6. The second-order valence-electron chi connectivity index (χ2n) is 7.87. The van der Waals surface area contributed by atoms with Gasteiger partial charge in [0, 0.05) is 21.3 Å². The van der Waals surface area contributed by atoms with Crippen molar-refractivity contribution in [3.63, 3.8) is 0 Å². The lowest BCUT2D eigenvalue weighted by Gasteiger charge is -2.26. The molecule has 1 N–H and O–H groups in total. The molecule has 4 aromatic rings. The van der Waals surface area contributed by atoms with Crippen LogP contribution in [0.1, 0.15) is 41.5 Å². The minimum atomic E-state index is -0.334. The van der Waals surface area contributed by atoms with Gasteiger partial charge in [-0.25, -0.2) is 0 Å². The van der Waals surface area contributed by atoms with Crippen LogP contribution in [0.4, 0.5) is 5.69 Å². The van der Waals surface area contributed by atoms with E-state index in [9.17, 15) is 4.79 Å². The molecule has 1 aliphatic rings. The number of hydrogen-bond donors (Lipinski definition) is 1. The molecule has 0 fully saturated rings. The number of anilines is 1. The van der Waals surface area contributed by atoms with Crippen LogP contribution >= 0.6 is 15.9 Å². The number of benzene rings is 3. The number of halogens is 1. The van der Waals surface area contributed by atoms with E-state index in [-0.39, 0.29) is 11.9 Å². The first-order chi connectivity index (χ1) is 16.6. The molecular formula is C27H24BrN3O3. The quantitative estimate of drug-likeness (QED) is 0.308. The molecular weight excluding hydrogens is 494 g/mol. The standard InChI is InChI=1S/C27H24BrN3O3/c1-3-33-21-13-5-17(6-14-21)24-23-25(30-29-24)27(32)31(20-11-9-19(28)10-12-20)26(23)18-7-15-22(16-8-18)34-4-2/h5-16,26H,3-4H2,1-2H3,(H,29,30)/t26-/m1/s1. The van der Waals surface area contributed by atoms with Gasteiger partial charge in [-0.15, -0.1) is 0 Å². The minimum Gasteiger partial charge on any atom is -0.494 e. The highest BCUT2D eigenvalue weighted by molar-refractivity contribution is 9.10. The van der Waals surface area contributed by atoms with Crippen molar-refractivity contribution < 1.29 is 14.3 Å². The number of fused-ring (bicyclic) bond motifs is 1. The Balaban J connectivity index is 1.63.